The van der Waals surface area contributed by atoms with Crippen LogP contribution in [0.4, 0.5) is 4.39 Å². The molecule has 26 heavy (non-hydrogen) atoms. The molecule has 0 aromatic heterocycles. The molecule has 2 rings (SSSR count). The standard InChI is InChI=1S/C19H20ClFN2O2S/c1-2-23(19(25)13-26-17-6-4-3-5-16(17)20)12-18(24)22-11-14-7-9-15(21)10-8-14/h3-10H,2,11-13H2,1H3,(H,22,24). The summed E-state index contributed by atoms with van der Waals surface area (Å²) in [4.78, 5) is 26.7. The maximum absolute atomic E-state index is 12.9. The van der Waals surface area contributed by atoms with Crippen molar-refractivity contribution in [1.29, 1.82) is 0 Å². The molecule has 0 aliphatic carbocycles. The van der Waals surface area contributed by atoms with Gasteiger partial charge in [0.25, 0.3) is 0 Å². The van der Waals surface area contributed by atoms with Crippen LogP contribution in [0.3, 0.4) is 0 Å². The lowest BCUT2D eigenvalue weighted by molar-refractivity contribution is -0.133. The second-order valence-corrected chi connectivity index (χ2v) is 6.95. The fourth-order valence-corrected chi connectivity index (χ4v) is 3.34. The van der Waals surface area contributed by atoms with E-state index in [1.54, 1.807) is 18.2 Å². The summed E-state index contributed by atoms with van der Waals surface area (Å²) in [6.45, 7) is 2.54. The lowest BCUT2D eigenvalue weighted by atomic mass is 10.2. The van der Waals surface area contributed by atoms with E-state index in [9.17, 15) is 14.0 Å². The van der Waals surface area contributed by atoms with Gasteiger partial charge in [0.05, 0.1) is 17.3 Å². The van der Waals surface area contributed by atoms with Crippen LogP contribution in [0.25, 0.3) is 0 Å². The highest BCUT2D eigenvalue weighted by atomic mass is 35.5. The van der Waals surface area contributed by atoms with Gasteiger partial charge in [0.2, 0.25) is 11.8 Å². The van der Waals surface area contributed by atoms with E-state index < -0.39 is 0 Å². The number of carbonyl (C=O) groups excluding carboxylic acids is 2. The van der Waals surface area contributed by atoms with Gasteiger partial charge < -0.3 is 10.2 Å². The molecule has 138 valence electrons. The SMILES string of the molecule is CCN(CC(=O)NCc1ccc(F)cc1)C(=O)CSc1ccccc1Cl. The average molecular weight is 395 g/mol. The molecule has 2 amide bonds. The maximum Gasteiger partial charge on any atom is 0.239 e. The van der Waals surface area contributed by atoms with Gasteiger partial charge in [-0.15, -0.1) is 11.8 Å². The smallest absolute Gasteiger partial charge is 0.239 e. The molecule has 0 radical (unpaired) electrons. The zero-order chi connectivity index (χ0) is 18.9. The summed E-state index contributed by atoms with van der Waals surface area (Å²) in [5.41, 5.74) is 0.795. The van der Waals surface area contributed by atoms with E-state index in [0.717, 1.165) is 10.5 Å². The summed E-state index contributed by atoms with van der Waals surface area (Å²) in [7, 11) is 0. The molecule has 0 saturated heterocycles. The van der Waals surface area contributed by atoms with Crippen molar-refractivity contribution < 1.29 is 14.0 Å². The summed E-state index contributed by atoms with van der Waals surface area (Å²) in [5.74, 6) is -0.497. The Morgan fingerprint density at radius 1 is 1.15 bits per heavy atom. The number of nitrogens with zero attached hydrogens (tertiary/aromatic N) is 1. The molecule has 2 aromatic carbocycles. The van der Waals surface area contributed by atoms with Crippen LogP contribution in [0, 0.1) is 5.82 Å². The Hall–Kier alpha value is -2.05. The van der Waals surface area contributed by atoms with Gasteiger partial charge in [-0.25, -0.2) is 4.39 Å². The van der Waals surface area contributed by atoms with Gasteiger partial charge in [-0.3, -0.25) is 9.59 Å². The predicted octanol–water partition coefficient (Wildman–Crippen LogP) is 3.74. The molecule has 0 unspecified atom stereocenters. The summed E-state index contributed by atoms with van der Waals surface area (Å²) < 4.78 is 12.9. The number of hydrogen-bond donors (Lipinski definition) is 1. The minimum Gasteiger partial charge on any atom is -0.350 e. The number of nitrogens with one attached hydrogen (secondary N) is 1. The predicted molar refractivity (Wildman–Crippen MR) is 103 cm³/mol. The molecule has 0 saturated carbocycles. The van der Waals surface area contributed by atoms with Gasteiger partial charge in [-0.1, -0.05) is 35.9 Å². The van der Waals surface area contributed by atoms with E-state index in [-0.39, 0.29) is 29.9 Å². The molecule has 0 fully saturated rings. The first kappa shape index (κ1) is 20.3. The molecule has 2 aromatic rings. The van der Waals surface area contributed by atoms with Crippen LogP contribution in [0.2, 0.25) is 5.02 Å². The maximum atomic E-state index is 12.9. The molecule has 0 heterocycles. The lowest BCUT2D eigenvalue weighted by Crippen LogP contribution is -2.41. The first-order valence-corrected chi connectivity index (χ1v) is 9.52. The van der Waals surface area contributed by atoms with E-state index >= 15 is 0 Å². The van der Waals surface area contributed by atoms with E-state index in [2.05, 4.69) is 5.32 Å². The summed E-state index contributed by atoms with van der Waals surface area (Å²) in [5, 5.41) is 3.34. The minimum absolute atomic E-state index is 0.0143. The fourth-order valence-electron chi connectivity index (χ4n) is 2.20. The van der Waals surface area contributed by atoms with Crippen LogP contribution >= 0.6 is 23.4 Å². The van der Waals surface area contributed by atoms with Crippen molar-refractivity contribution in [2.45, 2.75) is 18.4 Å². The molecule has 7 heteroatoms. The molecule has 0 spiro atoms. The van der Waals surface area contributed by atoms with Crippen molar-refractivity contribution in [2.24, 2.45) is 0 Å². The Bertz CT molecular complexity index is 755. The number of benzene rings is 2. The third-order valence-corrected chi connectivity index (χ3v) is 5.16. The first-order chi connectivity index (χ1) is 12.5. The van der Waals surface area contributed by atoms with Crippen LogP contribution in [0.5, 0.6) is 0 Å². The number of likely N-dealkylation sites (N-methyl/N-ethyl adjacent to an activating group) is 1. The Balaban J connectivity index is 1.81. The topological polar surface area (TPSA) is 49.4 Å². The second kappa shape index (κ2) is 10.2. The van der Waals surface area contributed by atoms with Crippen molar-refractivity contribution in [3.05, 3.63) is 64.9 Å². The molecular weight excluding hydrogens is 375 g/mol. The summed E-state index contributed by atoms with van der Waals surface area (Å²) in [6, 6.07) is 13.2. The van der Waals surface area contributed by atoms with Crippen molar-refractivity contribution in [1.82, 2.24) is 10.2 Å². The number of hydrogen-bond acceptors (Lipinski definition) is 3. The largest absolute Gasteiger partial charge is 0.350 e. The third-order valence-electron chi connectivity index (χ3n) is 3.66. The molecule has 0 bridgehead atoms. The molecule has 0 atom stereocenters. The van der Waals surface area contributed by atoms with Crippen molar-refractivity contribution in [3.8, 4) is 0 Å². The third kappa shape index (κ3) is 6.35. The van der Waals surface area contributed by atoms with Crippen molar-refractivity contribution >= 4 is 35.2 Å². The van der Waals surface area contributed by atoms with Gasteiger partial charge in [0, 0.05) is 18.0 Å². The van der Waals surface area contributed by atoms with Gasteiger partial charge in [-0.2, -0.15) is 0 Å². The number of thioether (sulfide) groups is 1. The Morgan fingerprint density at radius 2 is 1.85 bits per heavy atom. The van der Waals surface area contributed by atoms with E-state index in [1.807, 2.05) is 25.1 Å². The normalized spacial score (nSPS) is 10.4. The fraction of sp³-hybridized carbons (Fsp3) is 0.263. The highest BCUT2D eigenvalue weighted by Gasteiger charge is 2.16. The van der Waals surface area contributed by atoms with Crippen molar-refractivity contribution in [2.75, 3.05) is 18.8 Å². The highest BCUT2D eigenvalue weighted by Crippen LogP contribution is 2.26. The number of amides is 2. The second-order valence-electron chi connectivity index (χ2n) is 5.53. The molecule has 0 aliphatic heterocycles. The van der Waals surface area contributed by atoms with Crippen LogP contribution in [-0.2, 0) is 16.1 Å². The van der Waals surface area contributed by atoms with E-state index in [1.165, 1.54) is 28.8 Å². The summed E-state index contributed by atoms with van der Waals surface area (Å²) in [6.07, 6.45) is 0. The minimum atomic E-state index is -0.321. The Morgan fingerprint density at radius 3 is 2.50 bits per heavy atom. The first-order valence-electron chi connectivity index (χ1n) is 8.16. The van der Waals surface area contributed by atoms with Crippen LogP contribution < -0.4 is 5.32 Å². The summed E-state index contributed by atoms with van der Waals surface area (Å²) >= 11 is 7.43. The number of halogens is 2. The van der Waals surface area contributed by atoms with Gasteiger partial charge >= 0.3 is 0 Å². The highest BCUT2D eigenvalue weighted by molar-refractivity contribution is 8.00. The quantitative estimate of drug-likeness (QED) is 0.694. The molecular formula is C19H20ClFN2O2S. The number of rotatable bonds is 8. The van der Waals surface area contributed by atoms with E-state index in [4.69, 9.17) is 11.6 Å². The monoisotopic (exact) mass is 394 g/mol. The van der Waals surface area contributed by atoms with E-state index in [0.29, 0.717) is 18.1 Å². The van der Waals surface area contributed by atoms with Gasteiger partial charge in [0.1, 0.15) is 5.82 Å². The Labute approximate surface area is 161 Å². The van der Waals surface area contributed by atoms with Gasteiger partial charge in [0.15, 0.2) is 0 Å². The number of carbonyl (C=O) groups is 2. The zero-order valence-electron chi connectivity index (χ0n) is 14.4. The molecule has 1 N–H and O–H groups in total. The van der Waals surface area contributed by atoms with Crippen LogP contribution in [0.15, 0.2) is 53.4 Å². The Kier molecular flexibility index (Phi) is 7.94. The van der Waals surface area contributed by atoms with Crippen molar-refractivity contribution in [3.63, 3.8) is 0 Å². The van der Waals surface area contributed by atoms with Gasteiger partial charge in [-0.05, 0) is 36.8 Å². The lowest BCUT2D eigenvalue weighted by Gasteiger charge is -2.20. The van der Waals surface area contributed by atoms with Crippen LogP contribution in [0.1, 0.15) is 12.5 Å². The molecule has 4 nitrogen and oxygen atoms in total. The zero-order valence-corrected chi connectivity index (χ0v) is 15.9. The average Bonchev–Trinajstić information content (AvgIpc) is 2.64. The van der Waals surface area contributed by atoms with Crippen LogP contribution in [-0.4, -0.2) is 35.6 Å². The molecule has 0 aliphatic rings.